The Morgan fingerprint density at radius 3 is 2.72 bits per heavy atom. The Bertz CT molecular complexity index is 937. The molecule has 0 saturated heterocycles. The molecule has 1 saturated carbocycles. The number of ether oxygens (including phenoxy) is 1. The molecule has 9 heteroatoms. The zero-order valence-electron chi connectivity index (χ0n) is 16.0. The maximum Gasteiger partial charge on any atom is 0.418 e. The van der Waals surface area contributed by atoms with E-state index >= 15 is 0 Å². The van der Waals surface area contributed by atoms with Gasteiger partial charge in [0, 0.05) is 31.5 Å². The van der Waals surface area contributed by atoms with Crippen LogP contribution in [0.1, 0.15) is 41.0 Å². The molecule has 0 atom stereocenters. The van der Waals surface area contributed by atoms with Crippen molar-refractivity contribution in [1.82, 2.24) is 15.1 Å². The molecule has 1 amide bonds. The summed E-state index contributed by atoms with van der Waals surface area (Å²) in [5.74, 6) is -0.0742. The normalized spacial score (nSPS) is 14.1. The predicted octanol–water partition coefficient (Wildman–Crippen LogP) is 3.11. The van der Waals surface area contributed by atoms with Crippen LogP contribution in [0.15, 0.2) is 35.1 Å². The molecule has 0 bridgehead atoms. The van der Waals surface area contributed by atoms with E-state index in [4.69, 9.17) is 4.74 Å². The van der Waals surface area contributed by atoms with E-state index < -0.39 is 28.8 Å². The number of para-hydroxylation sites is 1. The summed E-state index contributed by atoms with van der Waals surface area (Å²) in [4.78, 5) is 24.5. The quantitative estimate of drug-likeness (QED) is 0.680. The SMILES string of the molecule is Cc1cc(=O)c(C(=O)NCCCOCC2CC2)nn1-c1ccccc1C(F)(F)F. The fourth-order valence-electron chi connectivity index (χ4n) is 2.84. The zero-order chi connectivity index (χ0) is 21.0. The monoisotopic (exact) mass is 409 g/mol. The van der Waals surface area contributed by atoms with Crippen LogP contribution in [0.4, 0.5) is 13.2 Å². The van der Waals surface area contributed by atoms with E-state index in [0.29, 0.717) is 18.9 Å². The molecule has 0 radical (unpaired) electrons. The highest BCUT2D eigenvalue weighted by Crippen LogP contribution is 2.33. The lowest BCUT2D eigenvalue weighted by atomic mass is 10.1. The van der Waals surface area contributed by atoms with Crippen molar-refractivity contribution in [1.29, 1.82) is 0 Å². The van der Waals surface area contributed by atoms with Crippen LogP contribution in [-0.4, -0.2) is 35.4 Å². The summed E-state index contributed by atoms with van der Waals surface area (Å²) in [5.41, 5.74) is -2.06. The maximum atomic E-state index is 13.3. The van der Waals surface area contributed by atoms with Gasteiger partial charge in [0.05, 0.1) is 11.3 Å². The second kappa shape index (κ2) is 8.77. The van der Waals surface area contributed by atoms with Gasteiger partial charge in [-0.15, -0.1) is 0 Å². The minimum atomic E-state index is -4.60. The van der Waals surface area contributed by atoms with Crippen LogP contribution in [-0.2, 0) is 10.9 Å². The van der Waals surface area contributed by atoms with Gasteiger partial charge in [0.15, 0.2) is 5.69 Å². The fourth-order valence-corrected chi connectivity index (χ4v) is 2.84. The minimum Gasteiger partial charge on any atom is -0.381 e. The van der Waals surface area contributed by atoms with Crippen LogP contribution in [0.3, 0.4) is 0 Å². The Morgan fingerprint density at radius 1 is 1.31 bits per heavy atom. The summed E-state index contributed by atoms with van der Waals surface area (Å²) >= 11 is 0. The molecule has 0 spiro atoms. The van der Waals surface area contributed by atoms with Crippen molar-refractivity contribution < 1.29 is 22.7 Å². The summed E-state index contributed by atoms with van der Waals surface area (Å²) < 4.78 is 46.4. The number of hydrogen-bond acceptors (Lipinski definition) is 4. The average Bonchev–Trinajstić information content (AvgIpc) is 3.48. The van der Waals surface area contributed by atoms with Crippen LogP contribution in [0.2, 0.25) is 0 Å². The molecule has 1 heterocycles. The van der Waals surface area contributed by atoms with Crippen molar-refractivity contribution in [2.45, 2.75) is 32.4 Å². The van der Waals surface area contributed by atoms with E-state index in [9.17, 15) is 22.8 Å². The molecule has 1 aromatic carbocycles. The number of aryl methyl sites for hydroxylation is 1. The molecule has 3 rings (SSSR count). The number of nitrogens with zero attached hydrogens (tertiary/aromatic N) is 2. The van der Waals surface area contributed by atoms with Crippen molar-refractivity contribution in [2.75, 3.05) is 19.8 Å². The number of amides is 1. The standard InChI is InChI=1S/C20H22F3N3O3/c1-13-11-17(27)18(19(28)24-9-4-10-29-12-14-7-8-14)25-26(13)16-6-3-2-5-15(16)20(21,22)23/h2-3,5-6,11,14H,4,7-10,12H2,1H3,(H,24,28). The first-order valence-corrected chi connectivity index (χ1v) is 9.41. The number of benzene rings is 1. The summed E-state index contributed by atoms with van der Waals surface area (Å²) in [7, 11) is 0. The van der Waals surface area contributed by atoms with Crippen LogP contribution in [0, 0.1) is 12.8 Å². The van der Waals surface area contributed by atoms with Crippen LogP contribution < -0.4 is 10.7 Å². The number of carbonyl (C=O) groups excluding carboxylic acids is 1. The highest BCUT2D eigenvalue weighted by atomic mass is 19.4. The highest BCUT2D eigenvalue weighted by molar-refractivity contribution is 5.92. The van der Waals surface area contributed by atoms with Gasteiger partial charge in [0.2, 0.25) is 5.43 Å². The molecule has 6 nitrogen and oxygen atoms in total. The summed E-state index contributed by atoms with van der Waals surface area (Å²) in [5, 5.41) is 6.49. The Hall–Kier alpha value is -2.68. The van der Waals surface area contributed by atoms with E-state index in [1.54, 1.807) is 0 Å². The van der Waals surface area contributed by atoms with Gasteiger partial charge in [-0.3, -0.25) is 9.59 Å². The topological polar surface area (TPSA) is 73.2 Å². The van der Waals surface area contributed by atoms with Crippen molar-refractivity contribution in [3.63, 3.8) is 0 Å². The van der Waals surface area contributed by atoms with Crippen LogP contribution >= 0.6 is 0 Å². The Kier molecular flexibility index (Phi) is 6.36. The molecular weight excluding hydrogens is 387 g/mol. The van der Waals surface area contributed by atoms with E-state index in [2.05, 4.69) is 10.4 Å². The third kappa shape index (κ3) is 5.44. The summed E-state index contributed by atoms with van der Waals surface area (Å²) in [6.45, 7) is 2.94. The van der Waals surface area contributed by atoms with E-state index in [1.807, 2.05) is 0 Å². The van der Waals surface area contributed by atoms with Gasteiger partial charge < -0.3 is 10.1 Å². The maximum absolute atomic E-state index is 13.3. The van der Waals surface area contributed by atoms with Gasteiger partial charge in [-0.2, -0.15) is 18.3 Å². The Balaban J connectivity index is 1.74. The van der Waals surface area contributed by atoms with Crippen molar-refractivity contribution in [2.24, 2.45) is 5.92 Å². The Morgan fingerprint density at radius 2 is 2.03 bits per heavy atom. The molecular formula is C20H22F3N3O3. The van der Waals surface area contributed by atoms with Gasteiger partial charge in [0.1, 0.15) is 0 Å². The number of carbonyl (C=O) groups is 1. The Labute approximate surface area is 165 Å². The number of aromatic nitrogens is 2. The number of hydrogen-bond donors (Lipinski definition) is 1. The first-order chi connectivity index (χ1) is 13.8. The van der Waals surface area contributed by atoms with Gasteiger partial charge in [0.25, 0.3) is 5.91 Å². The van der Waals surface area contributed by atoms with E-state index in [-0.39, 0.29) is 17.9 Å². The number of alkyl halides is 3. The van der Waals surface area contributed by atoms with Crippen molar-refractivity contribution in [3.05, 3.63) is 57.5 Å². The molecule has 1 aromatic heterocycles. The van der Waals surface area contributed by atoms with E-state index in [0.717, 1.165) is 23.4 Å². The van der Waals surface area contributed by atoms with Gasteiger partial charge >= 0.3 is 6.18 Å². The third-order valence-electron chi connectivity index (χ3n) is 4.56. The predicted molar refractivity (Wildman–Crippen MR) is 100 cm³/mol. The number of rotatable bonds is 8. The second-order valence-corrected chi connectivity index (χ2v) is 7.05. The molecule has 1 N–H and O–H groups in total. The lowest BCUT2D eigenvalue weighted by molar-refractivity contribution is -0.137. The lowest BCUT2D eigenvalue weighted by Gasteiger charge is -2.16. The number of nitrogens with one attached hydrogen (secondary N) is 1. The number of halogens is 3. The molecule has 1 fully saturated rings. The molecule has 0 aliphatic heterocycles. The molecule has 1 aliphatic rings. The first kappa shape index (κ1) is 21.0. The highest BCUT2D eigenvalue weighted by Gasteiger charge is 2.34. The van der Waals surface area contributed by atoms with E-state index in [1.165, 1.54) is 38.0 Å². The third-order valence-corrected chi connectivity index (χ3v) is 4.56. The van der Waals surface area contributed by atoms with Crippen molar-refractivity contribution >= 4 is 5.91 Å². The van der Waals surface area contributed by atoms with Gasteiger partial charge in [-0.05, 0) is 44.2 Å². The molecule has 1 aliphatic carbocycles. The summed E-state index contributed by atoms with van der Waals surface area (Å²) in [6.07, 6.45) is -1.65. The molecule has 2 aromatic rings. The van der Waals surface area contributed by atoms with Crippen LogP contribution in [0.5, 0.6) is 0 Å². The van der Waals surface area contributed by atoms with Crippen LogP contribution in [0.25, 0.3) is 5.69 Å². The largest absolute Gasteiger partial charge is 0.418 e. The molecule has 29 heavy (non-hydrogen) atoms. The molecule has 156 valence electrons. The van der Waals surface area contributed by atoms with Gasteiger partial charge in [-0.25, -0.2) is 4.68 Å². The van der Waals surface area contributed by atoms with Gasteiger partial charge in [-0.1, -0.05) is 12.1 Å². The average molecular weight is 409 g/mol. The summed E-state index contributed by atoms with van der Waals surface area (Å²) in [6, 6.07) is 5.98. The first-order valence-electron chi connectivity index (χ1n) is 9.41. The minimum absolute atomic E-state index is 0.191. The second-order valence-electron chi connectivity index (χ2n) is 7.05. The zero-order valence-corrected chi connectivity index (χ0v) is 16.0. The smallest absolute Gasteiger partial charge is 0.381 e. The van der Waals surface area contributed by atoms with Crippen molar-refractivity contribution in [3.8, 4) is 5.69 Å². The lowest BCUT2D eigenvalue weighted by Crippen LogP contribution is -2.33. The fraction of sp³-hybridized carbons (Fsp3) is 0.450. The molecule has 0 unspecified atom stereocenters.